The van der Waals surface area contributed by atoms with Crippen molar-refractivity contribution in [3.63, 3.8) is 0 Å². The number of nitrogens with zero attached hydrogens (tertiary/aromatic N) is 4. The SMILES string of the molecule is [N-]=[N+]=Nc1ccccc1[C@@H]1OC(c2ccc(OCCCO)cc2)=N[C@]1(C/C=C/c1ccccc1)C(=O)NNCCc1ccc(Br)cc1. The van der Waals surface area contributed by atoms with E-state index in [2.05, 4.69) is 36.8 Å². The Balaban J connectivity index is 1.49. The summed E-state index contributed by atoms with van der Waals surface area (Å²) in [5.74, 6) is 0.507. The standard InChI is InChI=1S/C36H35BrN6O4/c37-29-17-13-27(14-18-29)21-23-39-42-35(45)36(22-6-10-26-8-2-1-3-9-26)33(31-11-4-5-12-32(31)41-43-38)47-34(40-36)28-15-19-30(20-16-28)46-25-7-24-44/h1-6,8-20,33,39,44H,7,21-25H2,(H,42,45)/b10-6+/t33-,36-/m0/s1. The highest BCUT2D eigenvalue weighted by atomic mass is 79.9. The topological polar surface area (TPSA) is 141 Å². The number of aliphatic hydroxyl groups is 1. The Hall–Kier alpha value is -4.93. The number of hydrogen-bond acceptors (Lipinski definition) is 7. The number of carbonyl (C=O) groups excluding carboxylic acids is 1. The van der Waals surface area contributed by atoms with E-state index in [1.54, 1.807) is 30.3 Å². The van der Waals surface area contributed by atoms with Crippen LogP contribution in [0, 0.1) is 0 Å². The molecule has 0 unspecified atom stereocenters. The van der Waals surface area contributed by atoms with Crippen LogP contribution in [0.4, 0.5) is 5.69 Å². The van der Waals surface area contributed by atoms with Gasteiger partial charge in [0.2, 0.25) is 5.90 Å². The van der Waals surface area contributed by atoms with Gasteiger partial charge in [-0.1, -0.05) is 99.9 Å². The quantitative estimate of drug-likeness (QED) is 0.0392. The molecule has 47 heavy (non-hydrogen) atoms. The minimum Gasteiger partial charge on any atom is -0.494 e. The third kappa shape index (κ3) is 8.66. The van der Waals surface area contributed by atoms with E-state index in [1.807, 2.05) is 84.9 Å². The second-order valence-electron chi connectivity index (χ2n) is 10.8. The van der Waals surface area contributed by atoms with Gasteiger partial charge in [-0.2, -0.15) is 0 Å². The zero-order chi connectivity index (χ0) is 32.9. The lowest BCUT2D eigenvalue weighted by atomic mass is 9.83. The number of carbonyl (C=O) groups is 1. The first-order chi connectivity index (χ1) is 23.0. The molecular weight excluding hydrogens is 660 g/mol. The maximum Gasteiger partial charge on any atom is 0.266 e. The molecule has 4 aromatic rings. The third-order valence-electron chi connectivity index (χ3n) is 7.59. The Morgan fingerprint density at radius 3 is 2.53 bits per heavy atom. The van der Waals surface area contributed by atoms with Crippen LogP contribution in [0.3, 0.4) is 0 Å². The number of aliphatic imine (C=N–C) groups is 1. The fourth-order valence-electron chi connectivity index (χ4n) is 5.19. The second kappa shape index (κ2) is 16.6. The largest absolute Gasteiger partial charge is 0.494 e. The van der Waals surface area contributed by atoms with E-state index >= 15 is 0 Å². The average Bonchev–Trinajstić information content (AvgIpc) is 3.49. The van der Waals surface area contributed by atoms with Crippen LogP contribution in [-0.2, 0) is 16.0 Å². The number of benzene rings is 4. The lowest BCUT2D eigenvalue weighted by Crippen LogP contribution is -2.52. The highest BCUT2D eigenvalue weighted by molar-refractivity contribution is 9.10. The van der Waals surface area contributed by atoms with E-state index in [0.29, 0.717) is 48.6 Å². The van der Waals surface area contributed by atoms with Crippen molar-refractivity contribution < 1.29 is 19.4 Å². The van der Waals surface area contributed by atoms with E-state index in [0.717, 1.165) is 15.6 Å². The van der Waals surface area contributed by atoms with Crippen molar-refractivity contribution in [3.8, 4) is 5.75 Å². The van der Waals surface area contributed by atoms with Crippen LogP contribution in [-0.4, -0.2) is 42.2 Å². The van der Waals surface area contributed by atoms with Gasteiger partial charge < -0.3 is 14.6 Å². The minimum atomic E-state index is -1.47. The molecular formula is C36H35BrN6O4. The van der Waals surface area contributed by atoms with E-state index < -0.39 is 17.6 Å². The fourth-order valence-corrected chi connectivity index (χ4v) is 5.45. The summed E-state index contributed by atoms with van der Waals surface area (Å²) in [4.78, 5) is 22.4. The van der Waals surface area contributed by atoms with Crippen LogP contribution in [0.15, 0.2) is 124 Å². The van der Waals surface area contributed by atoms with Crippen LogP contribution < -0.4 is 15.6 Å². The Labute approximate surface area is 281 Å². The first-order valence-corrected chi connectivity index (χ1v) is 16.1. The zero-order valence-electron chi connectivity index (χ0n) is 25.6. The summed E-state index contributed by atoms with van der Waals surface area (Å²) in [7, 11) is 0. The predicted molar refractivity (Wildman–Crippen MR) is 186 cm³/mol. The first-order valence-electron chi connectivity index (χ1n) is 15.3. The van der Waals surface area contributed by atoms with Crippen molar-refractivity contribution in [3.05, 3.63) is 146 Å². The highest BCUT2D eigenvalue weighted by Gasteiger charge is 2.53. The molecule has 1 aliphatic rings. The van der Waals surface area contributed by atoms with Gasteiger partial charge >= 0.3 is 0 Å². The number of amides is 1. The number of rotatable bonds is 15. The van der Waals surface area contributed by atoms with E-state index in [9.17, 15) is 10.3 Å². The molecule has 5 rings (SSSR count). The molecule has 0 spiro atoms. The number of halogens is 1. The lowest BCUT2D eigenvalue weighted by molar-refractivity contribution is -0.129. The molecule has 2 atom stereocenters. The van der Waals surface area contributed by atoms with Gasteiger partial charge in [0, 0.05) is 52.2 Å². The Bertz CT molecular complexity index is 1740. The van der Waals surface area contributed by atoms with Crippen LogP contribution >= 0.6 is 15.9 Å². The number of nitrogens with one attached hydrogen (secondary N) is 2. The number of aliphatic hydroxyl groups excluding tert-OH is 1. The minimum absolute atomic E-state index is 0.0450. The van der Waals surface area contributed by atoms with Gasteiger partial charge in [-0.25, -0.2) is 10.4 Å². The van der Waals surface area contributed by atoms with Gasteiger partial charge in [0.25, 0.3) is 5.91 Å². The number of ether oxygens (including phenoxy) is 2. The second-order valence-corrected chi connectivity index (χ2v) is 11.7. The molecule has 1 heterocycles. The Kier molecular flexibility index (Phi) is 11.8. The number of hydrogen-bond donors (Lipinski definition) is 3. The summed E-state index contributed by atoms with van der Waals surface area (Å²) in [6.45, 7) is 0.916. The summed E-state index contributed by atoms with van der Waals surface area (Å²) in [5.41, 5.74) is 17.5. The van der Waals surface area contributed by atoms with Gasteiger partial charge in [-0.05, 0) is 59.5 Å². The molecule has 0 radical (unpaired) electrons. The number of azide groups is 1. The van der Waals surface area contributed by atoms with Gasteiger partial charge in [0.1, 0.15) is 5.75 Å². The fraction of sp³-hybridized carbons (Fsp3) is 0.222. The molecule has 1 aliphatic heterocycles. The molecule has 1 amide bonds. The summed E-state index contributed by atoms with van der Waals surface area (Å²) in [6.07, 6.45) is 4.33. The van der Waals surface area contributed by atoms with Crippen molar-refractivity contribution in [2.24, 2.45) is 10.1 Å². The zero-order valence-corrected chi connectivity index (χ0v) is 27.2. The molecule has 4 aromatic carbocycles. The van der Waals surface area contributed by atoms with Crippen LogP contribution in [0.5, 0.6) is 5.75 Å². The van der Waals surface area contributed by atoms with Crippen molar-refractivity contribution in [2.45, 2.75) is 30.9 Å². The van der Waals surface area contributed by atoms with E-state index in [-0.39, 0.29) is 18.9 Å². The molecule has 10 nitrogen and oxygen atoms in total. The molecule has 0 bridgehead atoms. The third-order valence-corrected chi connectivity index (χ3v) is 8.12. The van der Waals surface area contributed by atoms with Crippen molar-refractivity contribution in [2.75, 3.05) is 19.8 Å². The molecule has 240 valence electrons. The maximum atomic E-state index is 14.4. The van der Waals surface area contributed by atoms with Gasteiger partial charge in [0.15, 0.2) is 11.6 Å². The molecule has 0 aliphatic carbocycles. The maximum absolute atomic E-state index is 14.4. The molecule has 0 fully saturated rings. The monoisotopic (exact) mass is 694 g/mol. The smallest absolute Gasteiger partial charge is 0.266 e. The molecule has 0 aromatic heterocycles. The van der Waals surface area contributed by atoms with Crippen LogP contribution in [0.1, 0.15) is 41.2 Å². The average molecular weight is 696 g/mol. The summed E-state index contributed by atoms with van der Waals surface area (Å²) in [6, 6.07) is 32.1. The summed E-state index contributed by atoms with van der Waals surface area (Å²) in [5, 5.41) is 13.0. The summed E-state index contributed by atoms with van der Waals surface area (Å²) >= 11 is 3.46. The Morgan fingerprint density at radius 1 is 1.04 bits per heavy atom. The van der Waals surface area contributed by atoms with Crippen molar-refractivity contribution in [1.29, 1.82) is 0 Å². The number of hydrazine groups is 1. The van der Waals surface area contributed by atoms with Crippen LogP contribution in [0.25, 0.3) is 16.5 Å². The van der Waals surface area contributed by atoms with Crippen molar-refractivity contribution >= 4 is 39.5 Å². The molecule has 0 saturated carbocycles. The molecule has 11 heteroatoms. The lowest BCUT2D eigenvalue weighted by Gasteiger charge is -2.30. The van der Waals surface area contributed by atoms with Gasteiger partial charge in [0.05, 0.1) is 6.61 Å². The summed E-state index contributed by atoms with van der Waals surface area (Å²) < 4.78 is 13.2. The van der Waals surface area contributed by atoms with Crippen LogP contribution in [0.2, 0.25) is 0 Å². The molecule has 3 N–H and O–H groups in total. The van der Waals surface area contributed by atoms with E-state index in [4.69, 9.17) is 19.6 Å². The molecule has 0 saturated heterocycles. The van der Waals surface area contributed by atoms with E-state index in [1.165, 1.54) is 0 Å². The Morgan fingerprint density at radius 2 is 1.79 bits per heavy atom. The normalized spacial score (nSPS) is 17.1. The first kappa shape index (κ1) is 33.4. The van der Waals surface area contributed by atoms with Gasteiger partial charge in [-0.3, -0.25) is 10.2 Å². The predicted octanol–water partition coefficient (Wildman–Crippen LogP) is 7.38. The van der Waals surface area contributed by atoms with Gasteiger partial charge in [-0.15, -0.1) is 0 Å². The van der Waals surface area contributed by atoms with Crippen molar-refractivity contribution in [1.82, 2.24) is 10.9 Å². The highest BCUT2D eigenvalue weighted by Crippen LogP contribution is 2.45.